The molecule has 1 aliphatic heterocycles. The lowest BCUT2D eigenvalue weighted by molar-refractivity contribution is -0.137. The lowest BCUT2D eigenvalue weighted by Crippen LogP contribution is -2.50. The van der Waals surface area contributed by atoms with Gasteiger partial charge in [-0.25, -0.2) is 0 Å². The third-order valence-electron chi connectivity index (χ3n) is 5.14. The van der Waals surface area contributed by atoms with E-state index in [4.69, 9.17) is 0 Å². The van der Waals surface area contributed by atoms with Crippen LogP contribution >= 0.6 is 0 Å². The van der Waals surface area contributed by atoms with Crippen molar-refractivity contribution in [2.75, 3.05) is 38.0 Å². The van der Waals surface area contributed by atoms with Crippen molar-refractivity contribution in [3.05, 3.63) is 65.2 Å². The summed E-state index contributed by atoms with van der Waals surface area (Å²) >= 11 is 0. The van der Waals surface area contributed by atoms with E-state index in [1.165, 1.54) is 18.2 Å². The third kappa shape index (κ3) is 5.38. The zero-order chi connectivity index (χ0) is 21.7. The maximum atomic E-state index is 13.1. The molecule has 0 atom stereocenters. The largest absolute Gasteiger partial charge is 0.418 e. The van der Waals surface area contributed by atoms with E-state index in [1.807, 2.05) is 36.1 Å². The van der Waals surface area contributed by atoms with E-state index >= 15 is 0 Å². The highest BCUT2D eigenvalue weighted by molar-refractivity contribution is 5.94. The minimum Gasteiger partial charge on any atom is -0.336 e. The Morgan fingerprint density at radius 1 is 0.967 bits per heavy atom. The van der Waals surface area contributed by atoms with E-state index in [9.17, 15) is 22.8 Å². The van der Waals surface area contributed by atoms with Gasteiger partial charge in [0.2, 0.25) is 5.91 Å². The number of alkyl halides is 3. The van der Waals surface area contributed by atoms with Crippen molar-refractivity contribution in [2.45, 2.75) is 19.5 Å². The van der Waals surface area contributed by atoms with Gasteiger partial charge < -0.3 is 10.2 Å². The highest BCUT2D eigenvalue weighted by Gasteiger charge is 2.33. The number of halogens is 3. The second-order valence-electron chi connectivity index (χ2n) is 7.21. The summed E-state index contributed by atoms with van der Waals surface area (Å²) in [7, 11) is 0. The van der Waals surface area contributed by atoms with Crippen LogP contribution in [0.1, 0.15) is 28.4 Å². The van der Waals surface area contributed by atoms with Crippen molar-refractivity contribution in [2.24, 2.45) is 0 Å². The molecule has 2 aromatic carbocycles. The fourth-order valence-electron chi connectivity index (χ4n) is 3.41. The van der Waals surface area contributed by atoms with Gasteiger partial charge in [0.15, 0.2) is 0 Å². The average molecular weight is 419 g/mol. The molecule has 0 radical (unpaired) electrons. The molecule has 0 spiro atoms. The van der Waals surface area contributed by atoms with E-state index in [2.05, 4.69) is 5.32 Å². The standard InChI is InChI=1S/C22H24F3N3O2/c1-2-16-7-9-17(10-8-16)21(30)28-13-11-27(12-14-28)15-20(29)26-19-6-4-3-5-18(19)22(23,24)25/h3-10H,2,11-15H2,1H3,(H,26,29). The van der Waals surface area contributed by atoms with Crippen LogP contribution in [0.5, 0.6) is 0 Å². The van der Waals surface area contributed by atoms with E-state index in [0.717, 1.165) is 18.1 Å². The van der Waals surface area contributed by atoms with Gasteiger partial charge in [0.25, 0.3) is 5.91 Å². The van der Waals surface area contributed by atoms with Gasteiger partial charge in [0.05, 0.1) is 17.8 Å². The molecule has 2 aromatic rings. The van der Waals surface area contributed by atoms with E-state index < -0.39 is 17.6 Å². The highest BCUT2D eigenvalue weighted by atomic mass is 19.4. The van der Waals surface area contributed by atoms with Gasteiger partial charge >= 0.3 is 6.18 Å². The molecule has 30 heavy (non-hydrogen) atoms. The number of carbonyl (C=O) groups excluding carboxylic acids is 2. The summed E-state index contributed by atoms with van der Waals surface area (Å²) in [4.78, 5) is 28.4. The number of aryl methyl sites for hydroxylation is 1. The molecule has 0 saturated carbocycles. The first-order chi connectivity index (χ1) is 14.3. The van der Waals surface area contributed by atoms with Crippen LogP contribution in [0.4, 0.5) is 18.9 Å². The van der Waals surface area contributed by atoms with Crippen molar-refractivity contribution >= 4 is 17.5 Å². The lowest BCUT2D eigenvalue weighted by Gasteiger charge is -2.34. The number of nitrogens with zero attached hydrogens (tertiary/aromatic N) is 2. The molecule has 1 fully saturated rings. The molecule has 2 amide bonds. The van der Waals surface area contributed by atoms with Crippen molar-refractivity contribution in [1.29, 1.82) is 0 Å². The highest BCUT2D eigenvalue weighted by Crippen LogP contribution is 2.34. The Morgan fingerprint density at radius 2 is 1.60 bits per heavy atom. The fraction of sp³-hybridized carbons (Fsp3) is 0.364. The Kier molecular flexibility index (Phi) is 6.77. The molecule has 0 bridgehead atoms. The van der Waals surface area contributed by atoms with Gasteiger partial charge in [-0.2, -0.15) is 13.2 Å². The van der Waals surface area contributed by atoms with Crippen LogP contribution in [0.25, 0.3) is 0 Å². The van der Waals surface area contributed by atoms with Crippen LogP contribution in [-0.4, -0.2) is 54.3 Å². The molecular weight excluding hydrogens is 395 g/mol. The van der Waals surface area contributed by atoms with Gasteiger partial charge in [-0.3, -0.25) is 14.5 Å². The monoisotopic (exact) mass is 419 g/mol. The van der Waals surface area contributed by atoms with Crippen molar-refractivity contribution in [3.8, 4) is 0 Å². The van der Waals surface area contributed by atoms with Gasteiger partial charge in [-0.05, 0) is 36.2 Å². The molecule has 160 valence electrons. The number of rotatable bonds is 5. The number of anilines is 1. The van der Waals surface area contributed by atoms with Crippen molar-refractivity contribution in [3.63, 3.8) is 0 Å². The first kappa shape index (κ1) is 21.8. The van der Waals surface area contributed by atoms with Crippen LogP contribution in [0, 0.1) is 0 Å². The summed E-state index contributed by atoms with van der Waals surface area (Å²) in [6.07, 6.45) is -3.63. The van der Waals surface area contributed by atoms with E-state index in [-0.39, 0.29) is 18.1 Å². The molecule has 3 rings (SSSR count). The van der Waals surface area contributed by atoms with E-state index in [1.54, 1.807) is 4.90 Å². The van der Waals surface area contributed by atoms with E-state index in [0.29, 0.717) is 31.7 Å². The SMILES string of the molecule is CCc1ccc(C(=O)N2CCN(CC(=O)Nc3ccccc3C(F)(F)F)CC2)cc1. The summed E-state index contributed by atoms with van der Waals surface area (Å²) < 4.78 is 39.2. The first-order valence-electron chi connectivity index (χ1n) is 9.84. The summed E-state index contributed by atoms with van der Waals surface area (Å²) in [5, 5.41) is 2.35. The minimum atomic E-state index is -4.54. The number of carbonyl (C=O) groups is 2. The Balaban J connectivity index is 1.52. The van der Waals surface area contributed by atoms with Crippen LogP contribution in [0.15, 0.2) is 48.5 Å². The Hall–Kier alpha value is -2.87. The Bertz CT molecular complexity index is 889. The zero-order valence-electron chi connectivity index (χ0n) is 16.7. The number of para-hydroxylation sites is 1. The number of piperazine rings is 1. The second kappa shape index (κ2) is 9.30. The zero-order valence-corrected chi connectivity index (χ0v) is 16.7. The van der Waals surface area contributed by atoms with Crippen LogP contribution < -0.4 is 5.32 Å². The summed E-state index contributed by atoms with van der Waals surface area (Å²) in [5.74, 6) is -0.567. The first-order valence-corrected chi connectivity index (χ1v) is 9.84. The van der Waals surface area contributed by atoms with Crippen molar-refractivity contribution < 1.29 is 22.8 Å². The predicted octanol–water partition coefficient (Wildman–Crippen LogP) is 3.66. The molecule has 8 heteroatoms. The number of nitrogens with one attached hydrogen (secondary N) is 1. The van der Waals surface area contributed by atoms with Gasteiger partial charge in [-0.1, -0.05) is 31.2 Å². The molecule has 1 saturated heterocycles. The average Bonchev–Trinajstić information content (AvgIpc) is 2.73. The molecule has 0 unspecified atom stereocenters. The van der Waals surface area contributed by atoms with Gasteiger partial charge in [0.1, 0.15) is 0 Å². The van der Waals surface area contributed by atoms with Gasteiger partial charge in [0, 0.05) is 31.7 Å². The number of amides is 2. The van der Waals surface area contributed by atoms with Crippen LogP contribution in [0.2, 0.25) is 0 Å². The van der Waals surface area contributed by atoms with Crippen LogP contribution in [-0.2, 0) is 17.4 Å². The van der Waals surface area contributed by atoms with Crippen LogP contribution in [0.3, 0.4) is 0 Å². The molecule has 1 N–H and O–H groups in total. The lowest BCUT2D eigenvalue weighted by atomic mass is 10.1. The van der Waals surface area contributed by atoms with Gasteiger partial charge in [-0.15, -0.1) is 0 Å². The number of benzene rings is 2. The Morgan fingerprint density at radius 3 is 2.20 bits per heavy atom. The Labute approximate surface area is 173 Å². The molecular formula is C22H24F3N3O2. The third-order valence-corrected chi connectivity index (χ3v) is 5.14. The second-order valence-corrected chi connectivity index (χ2v) is 7.21. The number of hydrogen-bond donors (Lipinski definition) is 1. The predicted molar refractivity (Wildman–Crippen MR) is 108 cm³/mol. The van der Waals surface area contributed by atoms with Crippen molar-refractivity contribution in [1.82, 2.24) is 9.80 Å². The topological polar surface area (TPSA) is 52.7 Å². The molecule has 1 heterocycles. The maximum absolute atomic E-state index is 13.1. The minimum absolute atomic E-state index is 0.0284. The molecule has 0 aliphatic carbocycles. The number of hydrogen-bond acceptors (Lipinski definition) is 3. The normalized spacial score (nSPS) is 15.1. The molecule has 0 aromatic heterocycles. The smallest absolute Gasteiger partial charge is 0.336 e. The molecule has 5 nitrogen and oxygen atoms in total. The summed E-state index contributed by atoms with van der Waals surface area (Å²) in [6, 6.07) is 12.4. The fourth-order valence-corrected chi connectivity index (χ4v) is 3.41. The summed E-state index contributed by atoms with van der Waals surface area (Å²) in [6.45, 7) is 3.90. The quantitative estimate of drug-likeness (QED) is 0.805. The molecule has 1 aliphatic rings. The maximum Gasteiger partial charge on any atom is 0.418 e. The summed E-state index contributed by atoms with van der Waals surface area (Å²) in [5.41, 5.74) is 0.666.